The highest BCUT2D eigenvalue weighted by atomic mass is 16.5. The lowest BCUT2D eigenvalue weighted by Crippen LogP contribution is -2.31. The first-order valence-corrected chi connectivity index (χ1v) is 10.7. The normalized spacial score (nSPS) is 17.2. The SMILES string of the molecule is COc1ccc(C(O)=C2C(=O)C(=O)N(CCCn3ccnc3)[C@@H]2c2ccc(O)c(OC)c2)cc1. The summed E-state index contributed by atoms with van der Waals surface area (Å²) in [6.45, 7) is 0.878. The Labute approximate surface area is 196 Å². The number of phenols is 1. The molecule has 1 atom stereocenters. The molecule has 0 saturated carbocycles. The highest BCUT2D eigenvalue weighted by Crippen LogP contribution is 2.41. The van der Waals surface area contributed by atoms with E-state index in [2.05, 4.69) is 4.98 Å². The topological polar surface area (TPSA) is 114 Å². The first-order valence-electron chi connectivity index (χ1n) is 10.7. The van der Waals surface area contributed by atoms with Crippen LogP contribution in [0.4, 0.5) is 0 Å². The third-order valence-electron chi connectivity index (χ3n) is 5.80. The molecule has 1 amide bonds. The van der Waals surface area contributed by atoms with Gasteiger partial charge in [-0.1, -0.05) is 6.07 Å². The van der Waals surface area contributed by atoms with Gasteiger partial charge in [-0.25, -0.2) is 4.98 Å². The molecule has 0 unspecified atom stereocenters. The number of benzene rings is 2. The monoisotopic (exact) mass is 463 g/mol. The van der Waals surface area contributed by atoms with Gasteiger partial charge in [-0.05, 0) is 48.4 Å². The van der Waals surface area contributed by atoms with Crippen molar-refractivity contribution in [2.75, 3.05) is 20.8 Å². The third-order valence-corrected chi connectivity index (χ3v) is 5.80. The average Bonchev–Trinajstić information content (AvgIpc) is 3.46. The largest absolute Gasteiger partial charge is 0.507 e. The number of phenolic OH excluding ortho intramolecular Hbond substituents is 1. The fourth-order valence-corrected chi connectivity index (χ4v) is 4.07. The van der Waals surface area contributed by atoms with Gasteiger partial charge in [0.25, 0.3) is 11.7 Å². The summed E-state index contributed by atoms with van der Waals surface area (Å²) < 4.78 is 12.3. The lowest BCUT2D eigenvalue weighted by Gasteiger charge is -2.26. The average molecular weight is 463 g/mol. The van der Waals surface area contributed by atoms with E-state index in [-0.39, 0.29) is 29.4 Å². The van der Waals surface area contributed by atoms with Gasteiger partial charge in [0.1, 0.15) is 11.5 Å². The second kappa shape index (κ2) is 9.70. The lowest BCUT2D eigenvalue weighted by molar-refractivity contribution is -0.139. The number of aromatic nitrogens is 2. The van der Waals surface area contributed by atoms with Crippen molar-refractivity contribution in [3.05, 3.63) is 77.9 Å². The molecule has 0 spiro atoms. The van der Waals surface area contributed by atoms with Crippen molar-refractivity contribution >= 4 is 17.4 Å². The summed E-state index contributed by atoms with van der Waals surface area (Å²) in [5.74, 6) is -1.03. The van der Waals surface area contributed by atoms with Crippen LogP contribution in [0.3, 0.4) is 0 Å². The number of aliphatic hydroxyl groups is 1. The van der Waals surface area contributed by atoms with E-state index in [1.54, 1.807) is 48.9 Å². The lowest BCUT2D eigenvalue weighted by atomic mass is 9.95. The highest BCUT2D eigenvalue weighted by Gasteiger charge is 2.46. The maximum atomic E-state index is 13.1. The Bertz CT molecular complexity index is 1220. The Hall–Kier alpha value is -4.27. The number of amides is 1. The number of ketones is 1. The molecule has 9 nitrogen and oxygen atoms in total. The molecule has 1 aliphatic rings. The number of hydrogen-bond acceptors (Lipinski definition) is 7. The van der Waals surface area contributed by atoms with Crippen LogP contribution in [0.1, 0.15) is 23.6 Å². The molecule has 1 fully saturated rings. The Morgan fingerprint density at radius 2 is 1.82 bits per heavy atom. The molecule has 34 heavy (non-hydrogen) atoms. The second-order valence-corrected chi connectivity index (χ2v) is 7.81. The molecule has 1 saturated heterocycles. The van der Waals surface area contributed by atoms with Crippen LogP contribution in [-0.2, 0) is 16.1 Å². The smallest absolute Gasteiger partial charge is 0.295 e. The Morgan fingerprint density at radius 1 is 1.06 bits per heavy atom. The molecule has 0 aliphatic carbocycles. The maximum Gasteiger partial charge on any atom is 0.295 e. The van der Waals surface area contributed by atoms with E-state index in [1.165, 1.54) is 25.2 Å². The molecule has 2 N–H and O–H groups in total. The van der Waals surface area contributed by atoms with Crippen LogP contribution in [-0.4, -0.2) is 57.1 Å². The number of carbonyl (C=O) groups is 2. The number of hydrogen-bond donors (Lipinski definition) is 2. The molecular weight excluding hydrogens is 438 g/mol. The summed E-state index contributed by atoms with van der Waals surface area (Å²) in [5.41, 5.74) is 0.894. The van der Waals surface area contributed by atoms with Crippen molar-refractivity contribution in [1.29, 1.82) is 0 Å². The second-order valence-electron chi connectivity index (χ2n) is 7.81. The van der Waals surface area contributed by atoms with Crippen molar-refractivity contribution in [3.8, 4) is 17.2 Å². The number of methoxy groups -OCH3 is 2. The molecule has 3 aromatic rings. The summed E-state index contributed by atoms with van der Waals surface area (Å²) in [5, 5.41) is 21.2. The Kier molecular flexibility index (Phi) is 6.53. The van der Waals surface area contributed by atoms with Crippen LogP contribution in [0.15, 0.2) is 66.8 Å². The molecule has 0 bridgehead atoms. The van der Waals surface area contributed by atoms with Crippen LogP contribution in [0.2, 0.25) is 0 Å². The van der Waals surface area contributed by atoms with E-state index in [0.29, 0.717) is 29.8 Å². The Morgan fingerprint density at radius 3 is 2.47 bits per heavy atom. The minimum absolute atomic E-state index is 0.0226. The van der Waals surface area contributed by atoms with E-state index in [4.69, 9.17) is 9.47 Å². The summed E-state index contributed by atoms with van der Waals surface area (Å²) in [7, 11) is 2.95. The first-order chi connectivity index (χ1) is 16.4. The maximum absolute atomic E-state index is 13.1. The standard InChI is InChI=1S/C25H25N3O6/c1-33-18-7-4-16(5-8-18)23(30)21-22(17-6-9-19(29)20(14-17)34-2)28(25(32)24(21)31)12-3-11-27-13-10-26-15-27/h4-10,13-15,22,29-30H,3,11-12H2,1-2H3/t22-/m1/s1. The zero-order valence-electron chi connectivity index (χ0n) is 18.8. The van der Waals surface area contributed by atoms with Crippen LogP contribution in [0.25, 0.3) is 5.76 Å². The van der Waals surface area contributed by atoms with Crippen molar-refractivity contribution in [1.82, 2.24) is 14.5 Å². The molecule has 2 heterocycles. The molecule has 0 radical (unpaired) electrons. The minimum Gasteiger partial charge on any atom is -0.507 e. The minimum atomic E-state index is -0.848. The molecule has 9 heteroatoms. The summed E-state index contributed by atoms with van der Waals surface area (Å²) >= 11 is 0. The number of aliphatic hydroxyl groups excluding tert-OH is 1. The van der Waals surface area contributed by atoms with Gasteiger partial charge < -0.3 is 29.2 Å². The molecule has 1 aliphatic heterocycles. The van der Waals surface area contributed by atoms with Crippen molar-refractivity contribution in [2.24, 2.45) is 0 Å². The summed E-state index contributed by atoms with van der Waals surface area (Å²) in [6.07, 6.45) is 5.74. The van der Waals surface area contributed by atoms with Crippen LogP contribution in [0.5, 0.6) is 17.2 Å². The number of aromatic hydroxyl groups is 1. The molecule has 1 aromatic heterocycles. The van der Waals surface area contributed by atoms with Gasteiger partial charge in [-0.3, -0.25) is 9.59 Å². The van der Waals surface area contributed by atoms with Gasteiger partial charge >= 0.3 is 0 Å². The third kappa shape index (κ3) is 4.32. The van der Waals surface area contributed by atoms with E-state index in [1.807, 2.05) is 10.8 Å². The number of likely N-dealkylation sites (tertiary alicyclic amines) is 1. The predicted molar refractivity (Wildman–Crippen MR) is 124 cm³/mol. The van der Waals surface area contributed by atoms with Crippen molar-refractivity contribution in [2.45, 2.75) is 19.0 Å². The molecule has 4 rings (SSSR count). The van der Waals surface area contributed by atoms with Crippen molar-refractivity contribution < 1.29 is 29.3 Å². The van der Waals surface area contributed by atoms with Crippen LogP contribution >= 0.6 is 0 Å². The van der Waals surface area contributed by atoms with Crippen molar-refractivity contribution in [3.63, 3.8) is 0 Å². The Balaban J connectivity index is 1.76. The summed E-state index contributed by atoms with van der Waals surface area (Å²) in [6, 6.07) is 10.3. The highest BCUT2D eigenvalue weighted by molar-refractivity contribution is 6.46. The fourth-order valence-electron chi connectivity index (χ4n) is 4.07. The number of ether oxygens (including phenoxy) is 2. The number of imidazole rings is 1. The van der Waals surface area contributed by atoms with Gasteiger partial charge in [0.05, 0.1) is 32.2 Å². The van der Waals surface area contributed by atoms with Gasteiger partial charge in [-0.2, -0.15) is 0 Å². The van der Waals surface area contributed by atoms with E-state index in [9.17, 15) is 19.8 Å². The van der Waals surface area contributed by atoms with E-state index >= 15 is 0 Å². The number of aryl methyl sites for hydroxylation is 1. The van der Waals surface area contributed by atoms with Gasteiger partial charge in [-0.15, -0.1) is 0 Å². The number of carbonyl (C=O) groups excluding carboxylic acids is 2. The fraction of sp³-hybridized carbons (Fsp3) is 0.240. The number of nitrogens with zero attached hydrogens (tertiary/aromatic N) is 3. The molecule has 176 valence electrons. The van der Waals surface area contributed by atoms with Gasteiger partial charge in [0.15, 0.2) is 11.5 Å². The number of rotatable bonds is 8. The van der Waals surface area contributed by atoms with E-state index < -0.39 is 17.7 Å². The molecular formula is C25H25N3O6. The van der Waals surface area contributed by atoms with Crippen LogP contribution in [0, 0.1) is 0 Å². The predicted octanol–water partition coefficient (Wildman–Crippen LogP) is 3.12. The first kappa shape index (κ1) is 22.9. The van der Waals surface area contributed by atoms with Crippen LogP contribution < -0.4 is 9.47 Å². The zero-order chi connectivity index (χ0) is 24.2. The summed E-state index contributed by atoms with van der Waals surface area (Å²) in [4.78, 5) is 31.6. The van der Waals surface area contributed by atoms with E-state index in [0.717, 1.165) is 0 Å². The van der Waals surface area contributed by atoms with Gasteiger partial charge in [0, 0.05) is 31.0 Å². The number of Topliss-reactive ketones (excluding diaryl/α,β-unsaturated/α-hetero) is 1. The zero-order valence-corrected chi connectivity index (χ0v) is 18.8. The van der Waals surface area contributed by atoms with Gasteiger partial charge in [0.2, 0.25) is 0 Å². The molecule has 2 aromatic carbocycles. The quantitative estimate of drug-likeness (QED) is 0.300.